The van der Waals surface area contributed by atoms with Crippen molar-refractivity contribution >= 4 is 26.8 Å². The van der Waals surface area contributed by atoms with Crippen LogP contribution in [-0.4, -0.2) is 21.3 Å². The number of hydrogen-bond donors (Lipinski definition) is 1. The van der Waals surface area contributed by atoms with Gasteiger partial charge in [-0.15, -0.1) is 0 Å². The fourth-order valence-electron chi connectivity index (χ4n) is 3.27. The fourth-order valence-corrected chi connectivity index (χ4v) is 3.62. The minimum atomic E-state index is -0.000864. The van der Waals surface area contributed by atoms with Gasteiger partial charge in [0.2, 0.25) is 0 Å². The Morgan fingerprint density at radius 1 is 1.53 bits per heavy atom. The molecule has 1 fully saturated rings. The van der Waals surface area contributed by atoms with E-state index in [0.29, 0.717) is 11.9 Å². The maximum Gasteiger partial charge on any atom is 0.261 e. The summed E-state index contributed by atoms with van der Waals surface area (Å²) in [5, 5.41) is 10.2. The molecule has 0 radical (unpaired) electrons. The molecule has 1 saturated carbocycles. The number of hydrogen-bond acceptors (Lipinski definition) is 3. The summed E-state index contributed by atoms with van der Waals surface area (Å²) in [4.78, 5) is 17.2. The van der Waals surface area contributed by atoms with Gasteiger partial charge in [-0.1, -0.05) is 15.9 Å². The molecular weight excluding hydrogens is 308 g/mol. The molecule has 2 atom stereocenters. The Labute approximate surface area is 118 Å². The van der Waals surface area contributed by atoms with Crippen LogP contribution in [-0.2, 0) is 6.54 Å². The van der Waals surface area contributed by atoms with Crippen molar-refractivity contribution in [3.63, 3.8) is 0 Å². The van der Waals surface area contributed by atoms with Crippen LogP contribution in [0.4, 0.5) is 0 Å². The lowest BCUT2D eigenvalue weighted by atomic mass is 9.97. The van der Waals surface area contributed by atoms with Crippen LogP contribution in [0.15, 0.2) is 27.5 Å². The van der Waals surface area contributed by atoms with E-state index in [9.17, 15) is 9.90 Å². The first-order chi connectivity index (χ1) is 9.14. The largest absolute Gasteiger partial charge is 0.396 e. The molecule has 2 unspecified atom stereocenters. The summed E-state index contributed by atoms with van der Waals surface area (Å²) >= 11 is 3.41. The zero-order valence-electron chi connectivity index (χ0n) is 10.3. The lowest BCUT2D eigenvalue weighted by molar-refractivity contribution is 0.181. The second-order valence-electron chi connectivity index (χ2n) is 5.62. The van der Waals surface area contributed by atoms with E-state index in [1.165, 1.54) is 0 Å². The molecule has 2 aromatic rings. The highest BCUT2D eigenvalue weighted by molar-refractivity contribution is 9.10. The highest BCUT2D eigenvalue weighted by Crippen LogP contribution is 2.62. The van der Waals surface area contributed by atoms with Crippen molar-refractivity contribution in [1.82, 2.24) is 9.55 Å². The Bertz CT molecular complexity index is 755. The Morgan fingerprint density at radius 3 is 3.16 bits per heavy atom. The maximum atomic E-state index is 12.5. The highest BCUT2D eigenvalue weighted by Gasteiger charge is 2.58. The van der Waals surface area contributed by atoms with E-state index in [1.807, 2.05) is 18.2 Å². The van der Waals surface area contributed by atoms with Crippen LogP contribution in [0.2, 0.25) is 0 Å². The molecule has 0 bridgehead atoms. The van der Waals surface area contributed by atoms with E-state index >= 15 is 0 Å². The topological polar surface area (TPSA) is 55.1 Å². The minimum Gasteiger partial charge on any atom is -0.396 e. The van der Waals surface area contributed by atoms with E-state index in [4.69, 9.17) is 0 Å². The Kier molecular flexibility index (Phi) is 2.24. The lowest BCUT2D eigenvalue weighted by Gasteiger charge is -2.23. The SMILES string of the molecule is O=c1c2ccc(Br)cc2nc2n1CCC1(CO)CC21. The molecule has 4 rings (SSSR count). The Hall–Kier alpha value is -1.20. The summed E-state index contributed by atoms with van der Waals surface area (Å²) in [5.74, 6) is 1.11. The minimum absolute atomic E-state index is 0.000864. The van der Waals surface area contributed by atoms with E-state index in [2.05, 4.69) is 20.9 Å². The molecule has 5 heteroatoms. The summed E-state index contributed by atoms with van der Waals surface area (Å²) in [5.41, 5.74) is 0.788. The number of aliphatic hydroxyl groups excluding tert-OH is 1. The molecule has 1 aliphatic carbocycles. The van der Waals surface area contributed by atoms with E-state index in [1.54, 1.807) is 4.57 Å². The zero-order chi connectivity index (χ0) is 13.2. The van der Waals surface area contributed by atoms with Crippen molar-refractivity contribution in [1.29, 1.82) is 0 Å². The Morgan fingerprint density at radius 2 is 2.37 bits per heavy atom. The third kappa shape index (κ3) is 1.48. The number of fused-ring (bicyclic) bond motifs is 4. The summed E-state index contributed by atoms with van der Waals surface area (Å²) in [6.07, 6.45) is 1.83. The van der Waals surface area contributed by atoms with Gasteiger partial charge in [-0.3, -0.25) is 9.36 Å². The second kappa shape index (κ2) is 3.67. The summed E-state index contributed by atoms with van der Waals surface area (Å²) in [6.45, 7) is 0.869. The summed E-state index contributed by atoms with van der Waals surface area (Å²) < 4.78 is 2.72. The normalized spacial score (nSPS) is 28.0. The van der Waals surface area contributed by atoms with Crippen molar-refractivity contribution in [3.05, 3.63) is 38.9 Å². The first kappa shape index (κ1) is 11.6. The molecule has 19 heavy (non-hydrogen) atoms. The van der Waals surface area contributed by atoms with Crippen LogP contribution >= 0.6 is 15.9 Å². The fraction of sp³-hybridized carbons (Fsp3) is 0.429. The van der Waals surface area contributed by atoms with Crippen molar-refractivity contribution in [3.8, 4) is 0 Å². The average molecular weight is 321 g/mol. The van der Waals surface area contributed by atoms with E-state index in [0.717, 1.165) is 28.7 Å². The van der Waals surface area contributed by atoms with Crippen LogP contribution in [0.25, 0.3) is 10.9 Å². The number of aromatic nitrogens is 2. The van der Waals surface area contributed by atoms with Crippen LogP contribution in [0.1, 0.15) is 24.6 Å². The second-order valence-corrected chi connectivity index (χ2v) is 6.53. The molecule has 0 amide bonds. The monoisotopic (exact) mass is 320 g/mol. The molecule has 1 N–H and O–H groups in total. The van der Waals surface area contributed by atoms with Gasteiger partial charge in [-0.25, -0.2) is 4.98 Å². The molecule has 98 valence electrons. The van der Waals surface area contributed by atoms with Gasteiger partial charge in [-0.2, -0.15) is 0 Å². The quantitative estimate of drug-likeness (QED) is 0.874. The lowest BCUT2D eigenvalue weighted by Crippen LogP contribution is -2.31. The zero-order valence-corrected chi connectivity index (χ0v) is 11.9. The predicted octanol–water partition coefficient (Wildman–Crippen LogP) is 2.03. The molecule has 1 aromatic heterocycles. The smallest absolute Gasteiger partial charge is 0.261 e. The van der Waals surface area contributed by atoms with Crippen LogP contribution < -0.4 is 5.56 Å². The van der Waals surface area contributed by atoms with Crippen LogP contribution in [0.3, 0.4) is 0 Å². The maximum absolute atomic E-state index is 12.5. The van der Waals surface area contributed by atoms with Gasteiger partial charge >= 0.3 is 0 Å². The van der Waals surface area contributed by atoms with Gasteiger partial charge in [0, 0.05) is 29.0 Å². The third-order valence-electron chi connectivity index (χ3n) is 4.60. The van der Waals surface area contributed by atoms with Crippen LogP contribution in [0.5, 0.6) is 0 Å². The van der Waals surface area contributed by atoms with Gasteiger partial charge in [-0.05, 0) is 31.0 Å². The number of aliphatic hydroxyl groups is 1. The molecule has 1 aliphatic heterocycles. The molecular formula is C14H13BrN2O2. The molecule has 4 nitrogen and oxygen atoms in total. The first-order valence-electron chi connectivity index (χ1n) is 6.45. The summed E-state index contributed by atoms with van der Waals surface area (Å²) in [6, 6.07) is 5.58. The van der Waals surface area contributed by atoms with Crippen molar-refractivity contribution in [2.75, 3.05) is 6.61 Å². The van der Waals surface area contributed by atoms with Gasteiger partial charge in [0.1, 0.15) is 5.82 Å². The number of halogens is 1. The number of benzene rings is 1. The number of nitrogens with zero attached hydrogens (tertiary/aromatic N) is 2. The average Bonchev–Trinajstić information content (AvgIpc) is 3.14. The van der Waals surface area contributed by atoms with Gasteiger partial charge < -0.3 is 5.11 Å². The van der Waals surface area contributed by atoms with Gasteiger partial charge in [0.25, 0.3) is 5.56 Å². The van der Waals surface area contributed by atoms with Crippen molar-refractivity contribution < 1.29 is 5.11 Å². The molecule has 2 heterocycles. The molecule has 0 spiro atoms. The van der Waals surface area contributed by atoms with E-state index < -0.39 is 0 Å². The highest BCUT2D eigenvalue weighted by atomic mass is 79.9. The van der Waals surface area contributed by atoms with Gasteiger partial charge in [0.05, 0.1) is 10.9 Å². The molecule has 1 aromatic carbocycles. The molecule has 0 saturated heterocycles. The molecule has 2 aliphatic rings. The predicted molar refractivity (Wildman–Crippen MR) is 75.2 cm³/mol. The number of rotatable bonds is 1. The van der Waals surface area contributed by atoms with Crippen molar-refractivity contribution in [2.45, 2.75) is 25.3 Å². The standard InChI is InChI=1S/C14H13BrN2O2/c15-8-1-2-9-11(5-8)16-12-10-6-14(10,7-18)3-4-17(12)13(9)19/h1-2,5,10,18H,3-4,6-7H2. The summed E-state index contributed by atoms with van der Waals surface area (Å²) in [7, 11) is 0. The van der Waals surface area contributed by atoms with Crippen LogP contribution in [0, 0.1) is 5.41 Å². The van der Waals surface area contributed by atoms with Gasteiger partial charge in [0.15, 0.2) is 0 Å². The van der Waals surface area contributed by atoms with E-state index in [-0.39, 0.29) is 23.5 Å². The first-order valence-corrected chi connectivity index (χ1v) is 7.25. The Balaban J connectivity index is 1.99. The van der Waals surface area contributed by atoms with Crippen molar-refractivity contribution in [2.24, 2.45) is 5.41 Å². The third-order valence-corrected chi connectivity index (χ3v) is 5.09.